The number of phenolic OH excluding ortho intramolecular Hbond substituents is 1. The molecule has 0 atom stereocenters. The molecule has 2 aromatic rings. The highest BCUT2D eigenvalue weighted by Gasteiger charge is 2.00. The first-order chi connectivity index (χ1) is 8.29. The Hall–Kier alpha value is -1.76. The summed E-state index contributed by atoms with van der Waals surface area (Å²) < 4.78 is 0. The van der Waals surface area contributed by atoms with Crippen molar-refractivity contribution in [2.75, 3.05) is 0 Å². The van der Waals surface area contributed by atoms with E-state index < -0.39 is 0 Å². The molecule has 1 radical (unpaired) electrons. The van der Waals surface area contributed by atoms with Crippen molar-refractivity contribution in [3.63, 3.8) is 0 Å². The van der Waals surface area contributed by atoms with E-state index >= 15 is 0 Å². The molecule has 0 aliphatic heterocycles. The van der Waals surface area contributed by atoms with Gasteiger partial charge in [0.2, 0.25) is 0 Å². The molecule has 0 amide bonds. The molecule has 0 saturated carbocycles. The molecule has 2 aromatic carbocycles. The molecule has 0 spiro atoms. The maximum atomic E-state index is 9.22. The first-order valence-corrected chi connectivity index (χ1v) is 5.93. The van der Waals surface area contributed by atoms with Crippen molar-refractivity contribution in [1.82, 2.24) is 0 Å². The number of hydrogen-bond acceptors (Lipinski definition) is 1. The Kier molecular flexibility index (Phi) is 3.81. The summed E-state index contributed by atoms with van der Waals surface area (Å²) in [5, 5.41) is 9.22. The molecule has 0 unspecified atom stereocenters. The quantitative estimate of drug-likeness (QED) is 0.843. The third-order valence-corrected chi connectivity index (χ3v) is 3.01. The lowest BCUT2D eigenvalue weighted by Crippen LogP contribution is -1.95. The highest BCUT2D eigenvalue weighted by molar-refractivity contribution is 5.30. The van der Waals surface area contributed by atoms with Crippen LogP contribution in [0.5, 0.6) is 5.75 Å². The molecule has 0 aliphatic rings. The Balaban J connectivity index is 2.04. The second kappa shape index (κ2) is 5.53. The van der Waals surface area contributed by atoms with Crippen molar-refractivity contribution in [3.05, 3.63) is 72.1 Å². The second-order valence-corrected chi connectivity index (χ2v) is 4.19. The zero-order chi connectivity index (χ0) is 12.1. The van der Waals surface area contributed by atoms with E-state index in [0.29, 0.717) is 5.75 Å². The average molecular weight is 225 g/mol. The van der Waals surface area contributed by atoms with Crippen molar-refractivity contribution in [3.8, 4) is 5.75 Å². The standard InChI is InChI=1S/C16H17O/c1-2-14-5-3-4-6-15(14)10-7-13-8-11-16(17)12-9-13/h3-6,8-9,11-12,17H,1-2,7,10H2. The van der Waals surface area contributed by atoms with Crippen LogP contribution >= 0.6 is 0 Å². The summed E-state index contributed by atoms with van der Waals surface area (Å²) in [6.45, 7) is 3.95. The predicted octanol–water partition coefficient (Wildman–Crippen LogP) is 3.55. The minimum absolute atomic E-state index is 0.326. The minimum atomic E-state index is 0.326. The smallest absolute Gasteiger partial charge is 0.115 e. The minimum Gasteiger partial charge on any atom is -0.508 e. The van der Waals surface area contributed by atoms with Crippen LogP contribution in [0.25, 0.3) is 0 Å². The lowest BCUT2D eigenvalue weighted by atomic mass is 9.98. The third kappa shape index (κ3) is 3.10. The van der Waals surface area contributed by atoms with Gasteiger partial charge in [-0.2, -0.15) is 0 Å². The van der Waals surface area contributed by atoms with Gasteiger partial charge in [-0.1, -0.05) is 36.4 Å². The zero-order valence-corrected chi connectivity index (χ0v) is 9.89. The monoisotopic (exact) mass is 225 g/mol. The number of aryl methyl sites for hydroxylation is 2. The Labute approximate surface area is 103 Å². The number of phenols is 1. The molecule has 1 heteroatoms. The van der Waals surface area contributed by atoms with Gasteiger partial charge in [-0.15, -0.1) is 0 Å². The van der Waals surface area contributed by atoms with E-state index in [-0.39, 0.29) is 0 Å². The summed E-state index contributed by atoms with van der Waals surface area (Å²) in [4.78, 5) is 0. The maximum absolute atomic E-state index is 9.22. The van der Waals surface area contributed by atoms with Crippen LogP contribution in [0.4, 0.5) is 0 Å². The van der Waals surface area contributed by atoms with Crippen LogP contribution in [0.2, 0.25) is 0 Å². The Morgan fingerprint density at radius 1 is 0.824 bits per heavy atom. The second-order valence-electron chi connectivity index (χ2n) is 4.19. The first kappa shape index (κ1) is 11.7. The van der Waals surface area contributed by atoms with Gasteiger partial charge in [-0.3, -0.25) is 0 Å². The van der Waals surface area contributed by atoms with Crippen LogP contribution in [0.3, 0.4) is 0 Å². The molecule has 0 bridgehead atoms. The molecular formula is C16H17O. The van der Waals surface area contributed by atoms with Crippen molar-refractivity contribution in [2.24, 2.45) is 0 Å². The largest absolute Gasteiger partial charge is 0.508 e. The van der Waals surface area contributed by atoms with Gasteiger partial charge in [0.1, 0.15) is 5.75 Å². The maximum Gasteiger partial charge on any atom is 0.115 e. The summed E-state index contributed by atoms with van der Waals surface area (Å²) in [6.07, 6.45) is 2.86. The Bertz CT molecular complexity index is 471. The van der Waals surface area contributed by atoms with E-state index in [1.54, 1.807) is 12.1 Å². The van der Waals surface area contributed by atoms with Crippen molar-refractivity contribution in [2.45, 2.75) is 19.3 Å². The van der Waals surface area contributed by atoms with E-state index in [1.165, 1.54) is 16.7 Å². The lowest BCUT2D eigenvalue weighted by Gasteiger charge is -2.07. The van der Waals surface area contributed by atoms with Crippen molar-refractivity contribution >= 4 is 0 Å². The molecule has 1 nitrogen and oxygen atoms in total. The Morgan fingerprint density at radius 2 is 1.47 bits per heavy atom. The normalized spacial score (nSPS) is 10.4. The number of rotatable bonds is 4. The molecule has 0 saturated heterocycles. The number of aromatic hydroxyl groups is 1. The topological polar surface area (TPSA) is 20.2 Å². The van der Waals surface area contributed by atoms with E-state index in [2.05, 4.69) is 31.2 Å². The van der Waals surface area contributed by atoms with Crippen LogP contribution in [-0.2, 0) is 19.3 Å². The van der Waals surface area contributed by atoms with E-state index in [9.17, 15) is 5.11 Å². The first-order valence-electron chi connectivity index (χ1n) is 5.93. The highest BCUT2D eigenvalue weighted by atomic mass is 16.3. The van der Waals surface area contributed by atoms with Crippen LogP contribution < -0.4 is 0 Å². The average Bonchev–Trinajstić information content (AvgIpc) is 2.38. The van der Waals surface area contributed by atoms with Crippen LogP contribution in [-0.4, -0.2) is 5.11 Å². The van der Waals surface area contributed by atoms with Gasteiger partial charge in [0, 0.05) is 0 Å². The number of hydrogen-bond donors (Lipinski definition) is 1. The predicted molar refractivity (Wildman–Crippen MR) is 71.0 cm³/mol. The van der Waals surface area contributed by atoms with E-state index in [1.807, 2.05) is 12.1 Å². The van der Waals surface area contributed by atoms with Gasteiger partial charge >= 0.3 is 0 Å². The fourth-order valence-electron chi connectivity index (χ4n) is 1.99. The summed E-state index contributed by atoms with van der Waals surface area (Å²) in [6, 6.07) is 15.9. The van der Waals surface area contributed by atoms with Gasteiger partial charge in [0.05, 0.1) is 0 Å². The fraction of sp³-hybridized carbons (Fsp3) is 0.188. The molecular weight excluding hydrogens is 208 g/mol. The third-order valence-electron chi connectivity index (χ3n) is 3.01. The summed E-state index contributed by atoms with van der Waals surface area (Å²) >= 11 is 0. The van der Waals surface area contributed by atoms with E-state index in [0.717, 1.165) is 19.3 Å². The van der Waals surface area contributed by atoms with Crippen LogP contribution in [0.1, 0.15) is 16.7 Å². The summed E-state index contributed by atoms with van der Waals surface area (Å²) in [7, 11) is 0. The van der Waals surface area contributed by atoms with Crippen LogP contribution in [0, 0.1) is 6.92 Å². The molecule has 0 fully saturated rings. The SMILES string of the molecule is [CH2]Cc1ccccc1CCc1ccc(O)cc1. The van der Waals surface area contributed by atoms with Crippen molar-refractivity contribution < 1.29 is 5.11 Å². The fourth-order valence-corrected chi connectivity index (χ4v) is 1.99. The van der Waals surface area contributed by atoms with Crippen LogP contribution in [0.15, 0.2) is 48.5 Å². The highest BCUT2D eigenvalue weighted by Crippen LogP contribution is 2.15. The molecule has 17 heavy (non-hydrogen) atoms. The lowest BCUT2D eigenvalue weighted by molar-refractivity contribution is 0.475. The molecule has 0 aliphatic carbocycles. The molecule has 0 aromatic heterocycles. The molecule has 1 N–H and O–H groups in total. The summed E-state index contributed by atoms with van der Waals surface area (Å²) in [5.41, 5.74) is 3.95. The molecule has 2 rings (SSSR count). The molecule has 0 heterocycles. The van der Waals surface area contributed by atoms with Gasteiger partial charge in [-0.25, -0.2) is 0 Å². The van der Waals surface area contributed by atoms with Gasteiger partial charge in [-0.05, 0) is 55.0 Å². The van der Waals surface area contributed by atoms with Crippen molar-refractivity contribution in [1.29, 1.82) is 0 Å². The van der Waals surface area contributed by atoms with Gasteiger partial charge in [0.25, 0.3) is 0 Å². The zero-order valence-electron chi connectivity index (χ0n) is 9.89. The van der Waals surface area contributed by atoms with Gasteiger partial charge < -0.3 is 5.11 Å². The number of benzene rings is 2. The van der Waals surface area contributed by atoms with Gasteiger partial charge in [0.15, 0.2) is 0 Å². The molecule has 87 valence electrons. The Morgan fingerprint density at radius 3 is 2.12 bits per heavy atom. The summed E-state index contributed by atoms with van der Waals surface area (Å²) in [5.74, 6) is 0.326. The van der Waals surface area contributed by atoms with E-state index in [4.69, 9.17) is 0 Å².